The van der Waals surface area contributed by atoms with Crippen molar-refractivity contribution in [3.8, 4) is 0 Å². The lowest BCUT2D eigenvalue weighted by Crippen LogP contribution is -2.31. The molecule has 2 aromatic carbocycles. The third kappa shape index (κ3) is 4.49. The van der Waals surface area contributed by atoms with E-state index in [1.165, 1.54) is 0 Å². The standard InChI is InChI=1S/C17H20BrN3O/c1-12(13-4-6-14(18)7-5-13)19-17(22)20-15-8-10-16(11-9-15)21(2)3/h4-12H,1-3H3,(H2,19,20,22). The number of nitrogens with one attached hydrogen (secondary N) is 2. The van der Waals surface area contributed by atoms with E-state index in [1.807, 2.05) is 74.4 Å². The molecule has 0 fully saturated rings. The largest absolute Gasteiger partial charge is 0.378 e. The van der Waals surface area contributed by atoms with Crippen LogP contribution >= 0.6 is 15.9 Å². The summed E-state index contributed by atoms with van der Waals surface area (Å²) in [7, 11) is 3.96. The van der Waals surface area contributed by atoms with Gasteiger partial charge in [0.25, 0.3) is 0 Å². The first-order valence-electron chi connectivity index (χ1n) is 7.06. The molecule has 0 bridgehead atoms. The lowest BCUT2D eigenvalue weighted by Gasteiger charge is -2.16. The Balaban J connectivity index is 1.93. The minimum Gasteiger partial charge on any atom is -0.378 e. The summed E-state index contributed by atoms with van der Waals surface area (Å²) < 4.78 is 1.02. The Morgan fingerprint density at radius 2 is 1.64 bits per heavy atom. The number of carbonyl (C=O) groups excluding carboxylic acids is 1. The number of amides is 2. The van der Waals surface area contributed by atoms with Crippen molar-refractivity contribution >= 4 is 33.3 Å². The van der Waals surface area contributed by atoms with Crippen molar-refractivity contribution in [1.29, 1.82) is 0 Å². The number of anilines is 2. The Morgan fingerprint density at radius 1 is 1.05 bits per heavy atom. The maximum atomic E-state index is 12.0. The first kappa shape index (κ1) is 16.4. The van der Waals surface area contributed by atoms with Crippen LogP contribution in [0.2, 0.25) is 0 Å². The van der Waals surface area contributed by atoms with Crippen molar-refractivity contribution in [2.24, 2.45) is 0 Å². The van der Waals surface area contributed by atoms with E-state index < -0.39 is 0 Å². The molecule has 0 heterocycles. The Hall–Kier alpha value is -2.01. The second kappa shape index (κ2) is 7.31. The fourth-order valence-electron chi connectivity index (χ4n) is 2.04. The lowest BCUT2D eigenvalue weighted by molar-refractivity contribution is 0.249. The average Bonchev–Trinajstić information content (AvgIpc) is 2.48. The van der Waals surface area contributed by atoms with Crippen molar-refractivity contribution in [2.75, 3.05) is 24.3 Å². The van der Waals surface area contributed by atoms with Crippen LogP contribution in [0.25, 0.3) is 0 Å². The molecule has 0 radical (unpaired) electrons. The van der Waals surface area contributed by atoms with Gasteiger partial charge in [0.15, 0.2) is 0 Å². The number of hydrogen-bond donors (Lipinski definition) is 2. The van der Waals surface area contributed by atoms with Crippen LogP contribution in [-0.4, -0.2) is 20.1 Å². The summed E-state index contributed by atoms with van der Waals surface area (Å²) in [6, 6.07) is 15.3. The number of carbonyl (C=O) groups is 1. The number of halogens is 1. The molecule has 2 N–H and O–H groups in total. The molecule has 1 atom stereocenters. The van der Waals surface area contributed by atoms with Crippen molar-refractivity contribution in [2.45, 2.75) is 13.0 Å². The molecule has 0 saturated heterocycles. The first-order chi connectivity index (χ1) is 10.5. The zero-order chi connectivity index (χ0) is 16.1. The van der Waals surface area contributed by atoms with E-state index in [4.69, 9.17) is 0 Å². The molecular weight excluding hydrogens is 342 g/mol. The fourth-order valence-corrected chi connectivity index (χ4v) is 2.31. The van der Waals surface area contributed by atoms with Crippen molar-refractivity contribution in [3.63, 3.8) is 0 Å². The van der Waals surface area contributed by atoms with Gasteiger partial charge in [-0.3, -0.25) is 0 Å². The van der Waals surface area contributed by atoms with E-state index in [2.05, 4.69) is 26.6 Å². The quantitative estimate of drug-likeness (QED) is 0.847. The molecule has 0 aliphatic rings. The fraction of sp³-hybridized carbons (Fsp3) is 0.235. The van der Waals surface area contributed by atoms with E-state index in [0.717, 1.165) is 21.4 Å². The molecule has 4 nitrogen and oxygen atoms in total. The van der Waals surface area contributed by atoms with Gasteiger partial charge < -0.3 is 15.5 Å². The average molecular weight is 362 g/mol. The second-order valence-corrected chi connectivity index (χ2v) is 6.23. The van der Waals surface area contributed by atoms with Gasteiger partial charge >= 0.3 is 6.03 Å². The van der Waals surface area contributed by atoms with E-state index >= 15 is 0 Å². The molecule has 2 aromatic rings. The Kier molecular flexibility index (Phi) is 5.44. The van der Waals surface area contributed by atoms with Crippen molar-refractivity contribution in [1.82, 2.24) is 5.32 Å². The summed E-state index contributed by atoms with van der Waals surface area (Å²) in [5.41, 5.74) is 2.92. The van der Waals surface area contributed by atoms with Gasteiger partial charge in [-0.25, -0.2) is 4.79 Å². The molecule has 0 spiro atoms. The number of rotatable bonds is 4. The van der Waals surface area contributed by atoms with Crippen LogP contribution in [0.5, 0.6) is 0 Å². The number of hydrogen-bond acceptors (Lipinski definition) is 2. The smallest absolute Gasteiger partial charge is 0.319 e. The van der Waals surface area contributed by atoms with Crippen LogP contribution < -0.4 is 15.5 Å². The van der Waals surface area contributed by atoms with Crippen molar-refractivity contribution < 1.29 is 4.79 Å². The molecule has 1 unspecified atom stereocenters. The monoisotopic (exact) mass is 361 g/mol. The summed E-state index contributed by atoms with van der Waals surface area (Å²) in [4.78, 5) is 14.1. The third-order valence-electron chi connectivity index (χ3n) is 3.36. The molecule has 22 heavy (non-hydrogen) atoms. The third-order valence-corrected chi connectivity index (χ3v) is 3.89. The SMILES string of the molecule is CC(NC(=O)Nc1ccc(N(C)C)cc1)c1ccc(Br)cc1. The lowest BCUT2D eigenvalue weighted by atomic mass is 10.1. The maximum absolute atomic E-state index is 12.0. The summed E-state index contributed by atoms with van der Waals surface area (Å²) in [5, 5.41) is 5.77. The van der Waals surface area contributed by atoms with Gasteiger partial charge in [0.1, 0.15) is 0 Å². The highest BCUT2D eigenvalue weighted by atomic mass is 79.9. The highest BCUT2D eigenvalue weighted by Gasteiger charge is 2.09. The minimum absolute atomic E-state index is 0.0610. The maximum Gasteiger partial charge on any atom is 0.319 e. The van der Waals surface area contributed by atoms with Crippen LogP contribution in [0.3, 0.4) is 0 Å². The summed E-state index contributed by atoms with van der Waals surface area (Å²) in [5.74, 6) is 0. The predicted octanol–water partition coefficient (Wildman–Crippen LogP) is 4.40. The minimum atomic E-state index is -0.215. The molecule has 2 amide bonds. The Morgan fingerprint density at radius 3 is 2.18 bits per heavy atom. The molecule has 0 aliphatic carbocycles. The normalized spacial score (nSPS) is 11.6. The molecule has 0 saturated carbocycles. The second-order valence-electron chi connectivity index (χ2n) is 5.31. The Labute approximate surface area is 139 Å². The van der Waals surface area contributed by atoms with E-state index in [9.17, 15) is 4.79 Å². The zero-order valence-electron chi connectivity index (χ0n) is 12.9. The van der Waals surface area contributed by atoms with Gasteiger partial charge in [0.05, 0.1) is 6.04 Å². The van der Waals surface area contributed by atoms with Gasteiger partial charge in [0.2, 0.25) is 0 Å². The van der Waals surface area contributed by atoms with Gasteiger partial charge in [-0.15, -0.1) is 0 Å². The molecule has 2 rings (SSSR count). The zero-order valence-corrected chi connectivity index (χ0v) is 14.5. The van der Waals surface area contributed by atoms with Crippen LogP contribution in [0.4, 0.5) is 16.2 Å². The van der Waals surface area contributed by atoms with Crippen LogP contribution in [0.1, 0.15) is 18.5 Å². The van der Waals surface area contributed by atoms with Crippen LogP contribution in [-0.2, 0) is 0 Å². The summed E-state index contributed by atoms with van der Waals surface area (Å²) in [6.07, 6.45) is 0. The van der Waals surface area contributed by atoms with E-state index in [0.29, 0.717) is 0 Å². The van der Waals surface area contributed by atoms with Gasteiger partial charge in [-0.2, -0.15) is 0 Å². The number of benzene rings is 2. The first-order valence-corrected chi connectivity index (χ1v) is 7.85. The highest BCUT2D eigenvalue weighted by molar-refractivity contribution is 9.10. The van der Waals surface area contributed by atoms with Crippen LogP contribution in [0.15, 0.2) is 53.0 Å². The number of urea groups is 1. The van der Waals surface area contributed by atoms with Gasteiger partial charge in [-0.05, 0) is 48.9 Å². The van der Waals surface area contributed by atoms with Crippen molar-refractivity contribution in [3.05, 3.63) is 58.6 Å². The van der Waals surface area contributed by atoms with Gasteiger partial charge in [0, 0.05) is 29.9 Å². The summed E-state index contributed by atoms with van der Waals surface area (Å²) >= 11 is 3.40. The Bertz CT molecular complexity index is 623. The molecule has 0 aliphatic heterocycles. The van der Waals surface area contributed by atoms with Crippen LogP contribution in [0, 0.1) is 0 Å². The topological polar surface area (TPSA) is 44.4 Å². The number of nitrogens with zero attached hydrogens (tertiary/aromatic N) is 1. The molecule has 0 aromatic heterocycles. The van der Waals surface area contributed by atoms with E-state index in [1.54, 1.807) is 0 Å². The molecule has 116 valence electrons. The van der Waals surface area contributed by atoms with E-state index in [-0.39, 0.29) is 12.1 Å². The summed E-state index contributed by atoms with van der Waals surface area (Å²) in [6.45, 7) is 1.96. The highest BCUT2D eigenvalue weighted by Crippen LogP contribution is 2.18. The predicted molar refractivity (Wildman–Crippen MR) is 95.5 cm³/mol. The molecular formula is C17H20BrN3O. The molecule has 5 heteroatoms. The van der Waals surface area contributed by atoms with Gasteiger partial charge in [-0.1, -0.05) is 28.1 Å².